The van der Waals surface area contributed by atoms with Crippen molar-refractivity contribution in [2.24, 2.45) is 0 Å². The fourth-order valence-electron chi connectivity index (χ4n) is 1.53. The molecule has 1 heterocycles. The molecule has 0 saturated carbocycles. The zero-order chi connectivity index (χ0) is 10.0. The summed E-state index contributed by atoms with van der Waals surface area (Å²) in [6, 6.07) is 1.95. The van der Waals surface area contributed by atoms with Crippen molar-refractivity contribution in [1.82, 2.24) is 4.98 Å². The maximum atomic E-state index is 10.6. The minimum Gasteiger partial charge on any atom is -0.356 e. The van der Waals surface area contributed by atoms with E-state index >= 15 is 0 Å². The first-order chi connectivity index (χ1) is 6.06. The van der Waals surface area contributed by atoms with Crippen molar-refractivity contribution in [3.63, 3.8) is 0 Å². The van der Waals surface area contributed by atoms with E-state index in [0.717, 1.165) is 6.29 Å². The summed E-state index contributed by atoms with van der Waals surface area (Å²) in [5.41, 5.74) is 3.14. The molecule has 0 fully saturated rings. The summed E-state index contributed by atoms with van der Waals surface area (Å²) in [6.45, 7) is 8.55. The first kappa shape index (κ1) is 10.0. The summed E-state index contributed by atoms with van der Waals surface area (Å²) in [4.78, 5) is 13.7. The van der Waals surface area contributed by atoms with Gasteiger partial charge in [0.05, 0.1) is 5.69 Å². The summed E-state index contributed by atoms with van der Waals surface area (Å²) in [7, 11) is 0. The second-order valence-electron chi connectivity index (χ2n) is 4.02. The number of aromatic nitrogens is 1. The van der Waals surface area contributed by atoms with E-state index in [1.54, 1.807) is 0 Å². The van der Waals surface area contributed by atoms with Gasteiger partial charge in [0.25, 0.3) is 0 Å². The van der Waals surface area contributed by atoms with E-state index in [-0.39, 0.29) is 0 Å². The zero-order valence-electron chi connectivity index (χ0n) is 8.72. The van der Waals surface area contributed by atoms with Crippen LogP contribution in [0.15, 0.2) is 6.07 Å². The lowest BCUT2D eigenvalue weighted by Crippen LogP contribution is -1.95. The van der Waals surface area contributed by atoms with Gasteiger partial charge in [0.2, 0.25) is 0 Å². The molecule has 0 saturated heterocycles. The molecule has 1 aromatic heterocycles. The number of carbonyl (C=O) groups is 1. The van der Waals surface area contributed by atoms with Crippen molar-refractivity contribution in [1.29, 1.82) is 0 Å². The molecular formula is C11H17NO. The SMILES string of the molecule is CC(C)c1cc(C=O)[nH]c1C(C)C. The van der Waals surface area contributed by atoms with Crippen LogP contribution in [0.25, 0.3) is 0 Å². The van der Waals surface area contributed by atoms with E-state index in [1.807, 2.05) is 6.07 Å². The van der Waals surface area contributed by atoms with Crippen molar-refractivity contribution in [2.45, 2.75) is 39.5 Å². The molecule has 0 aliphatic heterocycles. The lowest BCUT2D eigenvalue weighted by Gasteiger charge is -2.09. The highest BCUT2D eigenvalue weighted by Gasteiger charge is 2.13. The number of aromatic amines is 1. The second-order valence-corrected chi connectivity index (χ2v) is 4.02. The molecule has 0 atom stereocenters. The minimum absolute atomic E-state index is 0.450. The molecule has 0 spiro atoms. The summed E-state index contributed by atoms with van der Waals surface area (Å²) in [5.74, 6) is 0.924. The van der Waals surface area contributed by atoms with Crippen LogP contribution in [0.4, 0.5) is 0 Å². The molecule has 13 heavy (non-hydrogen) atoms. The lowest BCUT2D eigenvalue weighted by atomic mass is 9.98. The van der Waals surface area contributed by atoms with Crippen LogP contribution in [-0.2, 0) is 0 Å². The van der Waals surface area contributed by atoms with Crippen molar-refractivity contribution in [3.8, 4) is 0 Å². The van der Waals surface area contributed by atoms with Crippen LogP contribution >= 0.6 is 0 Å². The van der Waals surface area contributed by atoms with E-state index in [1.165, 1.54) is 11.3 Å². The zero-order valence-corrected chi connectivity index (χ0v) is 8.72. The van der Waals surface area contributed by atoms with Crippen LogP contribution in [0.2, 0.25) is 0 Å². The number of aldehydes is 1. The number of carbonyl (C=O) groups excluding carboxylic acids is 1. The molecule has 0 radical (unpaired) electrons. The maximum absolute atomic E-state index is 10.6. The molecular weight excluding hydrogens is 162 g/mol. The van der Waals surface area contributed by atoms with E-state index in [0.29, 0.717) is 17.5 Å². The van der Waals surface area contributed by atoms with E-state index < -0.39 is 0 Å². The van der Waals surface area contributed by atoms with Gasteiger partial charge in [-0.25, -0.2) is 0 Å². The Morgan fingerprint density at radius 3 is 2.15 bits per heavy atom. The fourth-order valence-corrected chi connectivity index (χ4v) is 1.53. The highest BCUT2D eigenvalue weighted by molar-refractivity contribution is 5.73. The molecule has 1 rings (SSSR count). The smallest absolute Gasteiger partial charge is 0.166 e. The summed E-state index contributed by atoms with van der Waals surface area (Å²) < 4.78 is 0. The Morgan fingerprint density at radius 2 is 1.85 bits per heavy atom. The molecule has 0 unspecified atom stereocenters. The average Bonchev–Trinajstić information content (AvgIpc) is 2.47. The summed E-state index contributed by atoms with van der Waals surface area (Å²) in [6.07, 6.45) is 0.873. The molecule has 72 valence electrons. The van der Waals surface area contributed by atoms with Crippen LogP contribution in [-0.4, -0.2) is 11.3 Å². The van der Waals surface area contributed by atoms with Crippen LogP contribution < -0.4 is 0 Å². The van der Waals surface area contributed by atoms with Crippen LogP contribution in [0.5, 0.6) is 0 Å². The number of nitrogens with one attached hydrogen (secondary N) is 1. The first-order valence-corrected chi connectivity index (χ1v) is 4.74. The Balaban J connectivity index is 3.15. The van der Waals surface area contributed by atoms with Gasteiger partial charge in [-0.3, -0.25) is 4.79 Å². The van der Waals surface area contributed by atoms with Gasteiger partial charge < -0.3 is 4.98 Å². The highest BCUT2D eigenvalue weighted by Crippen LogP contribution is 2.25. The molecule has 0 amide bonds. The van der Waals surface area contributed by atoms with Gasteiger partial charge in [0.1, 0.15) is 0 Å². The van der Waals surface area contributed by atoms with Crippen molar-refractivity contribution < 1.29 is 4.79 Å². The Hall–Kier alpha value is -1.05. The van der Waals surface area contributed by atoms with Crippen molar-refractivity contribution >= 4 is 6.29 Å². The molecule has 2 nitrogen and oxygen atoms in total. The van der Waals surface area contributed by atoms with Crippen LogP contribution in [0.3, 0.4) is 0 Å². The Labute approximate surface area is 79.4 Å². The highest BCUT2D eigenvalue weighted by atomic mass is 16.1. The number of H-pyrrole nitrogens is 1. The Kier molecular flexibility index (Phi) is 2.91. The van der Waals surface area contributed by atoms with Gasteiger partial charge in [-0.05, 0) is 23.5 Å². The monoisotopic (exact) mass is 179 g/mol. The van der Waals surface area contributed by atoms with E-state index in [9.17, 15) is 4.79 Å². The van der Waals surface area contributed by atoms with E-state index in [2.05, 4.69) is 32.7 Å². The lowest BCUT2D eigenvalue weighted by molar-refractivity contribution is 0.111. The van der Waals surface area contributed by atoms with Crippen molar-refractivity contribution in [2.75, 3.05) is 0 Å². The fraction of sp³-hybridized carbons (Fsp3) is 0.545. The van der Waals surface area contributed by atoms with Gasteiger partial charge in [-0.15, -0.1) is 0 Å². The largest absolute Gasteiger partial charge is 0.356 e. The third-order valence-electron chi connectivity index (χ3n) is 2.23. The number of hydrogen-bond acceptors (Lipinski definition) is 1. The summed E-state index contributed by atoms with van der Waals surface area (Å²) in [5, 5.41) is 0. The predicted molar refractivity (Wildman–Crippen MR) is 54.4 cm³/mol. The van der Waals surface area contributed by atoms with E-state index in [4.69, 9.17) is 0 Å². The van der Waals surface area contributed by atoms with Crippen molar-refractivity contribution in [3.05, 3.63) is 23.0 Å². The van der Waals surface area contributed by atoms with Gasteiger partial charge in [0, 0.05) is 5.69 Å². The van der Waals surface area contributed by atoms with Crippen LogP contribution in [0, 0.1) is 0 Å². The Morgan fingerprint density at radius 1 is 1.23 bits per heavy atom. The average molecular weight is 179 g/mol. The first-order valence-electron chi connectivity index (χ1n) is 4.74. The molecule has 1 N–H and O–H groups in total. The Bertz CT molecular complexity index is 272. The predicted octanol–water partition coefficient (Wildman–Crippen LogP) is 3.07. The summed E-state index contributed by atoms with van der Waals surface area (Å²) >= 11 is 0. The molecule has 0 aliphatic carbocycles. The quantitative estimate of drug-likeness (QED) is 0.711. The molecule has 2 heteroatoms. The third-order valence-corrected chi connectivity index (χ3v) is 2.23. The van der Waals surface area contributed by atoms with Gasteiger partial charge in [-0.1, -0.05) is 27.7 Å². The topological polar surface area (TPSA) is 32.9 Å². The third kappa shape index (κ3) is 2.00. The normalized spacial score (nSPS) is 11.2. The molecule has 0 aromatic carbocycles. The molecule has 1 aromatic rings. The maximum Gasteiger partial charge on any atom is 0.166 e. The van der Waals surface area contributed by atoms with Gasteiger partial charge in [-0.2, -0.15) is 0 Å². The number of hydrogen-bond donors (Lipinski definition) is 1. The molecule has 0 bridgehead atoms. The van der Waals surface area contributed by atoms with Gasteiger partial charge >= 0.3 is 0 Å². The second kappa shape index (κ2) is 3.77. The van der Waals surface area contributed by atoms with Gasteiger partial charge in [0.15, 0.2) is 6.29 Å². The molecule has 0 aliphatic rings. The number of rotatable bonds is 3. The standard InChI is InChI=1S/C11H17NO/c1-7(2)10-5-9(6-13)12-11(10)8(3)4/h5-8,12H,1-4H3. The van der Waals surface area contributed by atoms with Crippen LogP contribution in [0.1, 0.15) is 61.3 Å². The minimum atomic E-state index is 0.450.